The van der Waals surface area contributed by atoms with Crippen molar-refractivity contribution in [2.45, 2.75) is 45.3 Å². The van der Waals surface area contributed by atoms with E-state index in [9.17, 15) is 0 Å². The van der Waals surface area contributed by atoms with Gasteiger partial charge in [0.2, 0.25) is 0 Å². The van der Waals surface area contributed by atoms with Gasteiger partial charge in [-0.2, -0.15) is 0 Å². The summed E-state index contributed by atoms with van der Waals surface area (Å²) in [5.41, 5.74) is 9.07. The minimum atomic E-state index is 0.0633. The summed E-state index contributed by atoms with van der Waals surface area (Å²) in [6.07, 6.45) is 3.04. The van der Waals surface area contributed by atoms with Gasteiger partial charge in [0.25, 0.3) is 0 Å². The van der Waals surface area contributed by atoms with Crippen molar-refractivity contribution >= 4 is 11.3 Å². The molecular weight excluding hydrogens is 280 g/mol. The Bertz CT molecular complexity index is 667. The average molecular weight is 300 g/mol. The number of hydrogen-bond acceptors (Lipinski definition) is 4. The second-order valence-electron chi connectivity index (χ2n) is 6.93. The summed E-state index contributed by atoms with van der Waals surface area (Å²) in [5, 5.41) is 1.09. The highest BCUT2D eigenvalue weighted by Crippen LogP contribution is 2.45. The average Bonchev–Trinajstić information content (AvgIpc) is 2.99. The molecule has 110 valence electrons. The van der Waals surface area contributed by atoms with Crippen molar-refractivity contribution in [2.24, 2.45) is 11.1 Å². The zero-order valence-electron chi connectivity index (χ0n) is 12.4. The Morgan fingerprint density at radius 3 is 2.95 bits per heavy atom. The number of benzene rings is 1. The highest BCUT2D eigenvalue weighted by molar-refractivity contribution is 7.12. The fourth-order valence-electron chi connectivity index (χ4n) is 3.47. The van der Waals surface area contributed by atoms with Crippen LogP contribution in [0, 0.1) is 5.41 Å². The standard InChI is InChI=1S/C17H20N2OS/c1-17(2)8-11(18)15-12(9-17)19-16(21-15)14-7-10-5-3-4-6-13(10)20-14/h3-6,11,14H,7-9,18H2,1-2H3. The zero-order valence-corrected chi connectivity index (χ0v) is 13.2. The molecule has 2 N–H and O–H groups in total. The Labute approximate surface area is 129 Å². The Hall–Kier alpha value is -1.39. The van der Waals surface area contributed by atoms with Crippen molar-refractivity contribution in [3.8, 4) is 5.75 Å². The lowest BCUT2D eigenvalue weighted by atomic mass is 9.77. The first kappa shape index (κ1) is 13.3. The molecule has 4 rings (SSSR count). The predicted molar refractivity (Wildman–Crippen MR) is 84.7 cm³/mol. The molecule has 0 radical (unpaired) electrons. The summed E-state index contributed by atoms with van der Waals surface area (Å²) >= 11 is 1.75. The number of thiazole rings is 1. The number of rotatable bonds is 1. The normalized spacial score (nSPS) is 26.0. The fourth-order valence-corrected chi connectivity index (χ4v) is 4.58. The van der Waals surface area contributed by atoms with Crippen LogP contribution in [0.3, 0.4) is 0 Å². The van der Waals surface area contributed by atoms with Crippen molar-refractivity contribution in [1.82, 2.24) is 4.98 Å². The van der Waals surface area contributed by atoms with Crippen molar-refractivity contribution in [2.75, 3.05) is 0 Å². The van der Waals surface area contributed by atoms with Gasteiger partial charge in [-0.15, -0.1) is 11.3 Å². The molecule has 2 heterocycles. The van der Waals surface area contributed by atoms with E-state index in [1.807, 2.05) is 12.1 Å². The Kier molecular flexibility index (Phi) is 2.88. The van der Waals surface area contributed by atoms with Gasteiger partial charge in [0.15, 0.2) is 6.10 Å². The lowest BCUT2D eigenvalue weighted by Crippen LogP contribution is -2.28. The number of ether oxygens (including phenoxy) is 1. The smallest absolute Gasteiger partial charge is 0.154 e. The maximum atomic E-state index is 6.35. The summed E-state index contributed by atoms with van der Waals surface area (Å²) in [4.78, 5) is 6.14. The fraction of sp³-hybridized carbons (Fsp3) is 0.471. The third kappa shape index (κ3) is 2.27. The molecule has 3 nitrogen and oxygen atoms in total. The van der Waals surface area contributed by atoms with Gasteiger partial charge in [0, 0.05) is 17.3 Å². The minimum absolute atomic E-state index is 0.0633. The number of aromatic nitrogens is 1. The molecule has 2 atom stereocenters. The van der Waals surface area contributed by atoms with Gasteiger partial charge in [0.1, 0.15) is 10.8 Å². The highest BCUT2D eigenvalue weighted by atomic mass is 32.1. The van der Waals surface area contributed by atoms with Crippen LogP contribution in [-0.2, 0) is 12.8 Å². The summed E-state index contributed by atoms with van der Waals surface area (Å²) in [6.45, 7) is 4.55. The van der Waals surface area contributed by atoms with Crippen LogP contribution in [-0.4, -0.2) is 4.98 Å². The molecule has 4 heteroatoms. The second kappa shape index (κ2) is 4.55. The molecule has 21 heavy (non-hydrogen) atoms. The molecular formula is C17H20N2OS. The molecule has 0 saturated heterocycles. The monoisotopic (exact) mass is 300 g/mol. The van der Waals surface area contributed by atoms with Crippen LogP contribution in [0.2, 0.25) is 0 Å². The van der Waals surface area contributed by atoms with Crippen LogP contribution < -0.4 is 10.5 Å². The van der Waals surface area contributed by atoms with E-state index in [1.165, 1.54) is 16.1 Å². The zero-order chi connectivity index (χ0) is 14.6. The van der Waals surface area contributed by atoms with E-state index >= 15 is 0 Å². The lowest BCUT2D eigenvalue weighted by Gasteiger charge is -2.32. The Morgan fingerprint density at radius 2 is 2.14 bits per heavy atom. The van der Waals surface area contributed by atoms with Crippen LogP contribution in [0.15, 0.2) is 24.3 Å². The topological polar surface area (TPSA) is 48.1 Å². The third-order valence-corrected chi connectivity index (χ3v) is 5.74. The quantitative estimate of drug-likeness (QED) is 0.871. The number of para-hydroxylation sites is 1. The maximum Gasteiger partial charge on any atom is 0.154 e. The van der Waals surface area contributed by atoms with E-state index in [4.69, 9.17) is 15.5 Å². The number of hydrogen-bond donors (Lipinski definition) is 1. The number of fused-ring (bicyclic) bond motifs is 2. The molecule has 1 aromatic carbocycles. The summed E-state index contributed by atoms with van der Waals surface area (Å²) < 4.78 is 6.07. The van der Waals surface area contributed by atoms with Crippen LogP contribution >= 0.6 is 11.3 Å². The molecule has 0 bridgehead atoms. The second-order valence-corrected chi connectivity index (χ2v) is 8.00. The molecule has 2 unspecified atom stereocenters. The van der Waals surface area contributed by atoms with Gasteiger partial charge in [-0.1, -0.05) is 32.0 Å². The molecule has 0 spiro atoms. The van der Waals surface area contributed by atoms with E-state index in [-0.39, 0.29) is 17.6 Å². The summed E-state index contributed by atoms with van der Waals surface area (Å²) in [5.74, 6) is 1.00. The van der Waals surface area contributed by atoms with Crippen molar-refractivity contribution in [3.05, 3.63) is 45.4 Å². The largest absolute Gasteiger partial charge is 0.483 e. The van der Waals surface area contributed by atoms with Crippen LogP contribution in [0.25, 0.3) is 0 Å². The van der Waals surface area contributed by atoms with E-state index in [0.717, 1.165) is 30.0 Å². The SMILES string of the molecule is CC1(C)Cc2nc(C3Cc4ccccc4O3)sc2C(N)C1. The van der Waals surface area contributed by atoms with Crippen molar-refractivity contribution in [3.63, 3.8) is 0 Å². The van der Waals surface area contributed by atoms with Crippen molar-refractivity contribution < 1.29 is 4.74 Å². The highest BCUT2D eigenvalue weighted by Gasteiger charge is 2.35. The molecule has 2 aromatic rings. The molecule has 0 fully saturated rings. The van der Waals surface area contributed by atoms with Gasteiger partial charge < -0.3 is 10.5 Å². The van der Waals surface area contributed by atoms with Crippen LogP contribution in [0.4, 0.5) is 0 Å². The number of nitrogens with two attached hydrogens (primary N) is 1. The van der Waals surface area contributed by atoms with Crippen molar-refractivity contribution in [1.29, 1.82) is 0 Å². The van der Waals surface area contributed by atoms with Gasteiger partial charge in [-0.25, -0.2) is 4.98 Å². The number of nitrogens with zero attached hydrogens (tertiary/aromatic N) is 1. The summed E-state index contributed by atoms with van der Waals surface area (Å²) in [7, 11) is 0. The summed E-state index contributed by atoms with van der Waals surface area (Å²) in [6, 6.07) is 8.39. The molecule has 0 saturated carbocycles. The minimum Gasteiger partial charge on any atom is -0.483 e. The van der Waals surface area contributed by atoms with Gasteiger partial charge in [-0.05, 0) is 29.9 Å². The molecule has 2 aliphatic rings. The first-order chi connectivity index (χ1) is 10.0. The Morgan fingerprint density at radius 1 is 1.33 bits per heavy atom. The molecule has 1 aromatic heterocycles. The predicted octanol–water partition coefficient (Wildman–Crippen LogP) is 3.79. The first-order valence-corrected chi connectivity index (χ1v) is 8.33. The lowest BCUT2D eigenvalue weighted by molar-refractivity contribution is 0.237. The van der Waals surface area contributed by atoms with Crippen LogP contribution in [0.1, 0.15) is 53.6 Å². The first-order valence-electron chi connectivity index (χ1n) is 7.51. The van der Waals surface area contributed by atoms with E-state index in [1.54, 1.807) is 11.3 Å². The van der Waals surface area contributed by atoms with E-state index in [2.05, 4.69) is 26.0 Å². The third-order valence-electron chi connectivity index (χ3n) is 4.42. The molecule has 0 amide bonds. The van der Waals surface area contributed by atoms with Crippen LogP contribution in [0.5, 0.6) is 5.75 Å². The molecule has 1 aliphatic heterocycles. The van der Waals surface area contributed by atoms with Gasteiger partial charge in [0.05, 0.1) is 5.69 Å². The Balaban J connectivity index is 1.65. The van der Waals surface area contributed by atoms with E-state index in [0.29, 0.717) is 0 Å². The van der Waals surface area contributed by atoms with E-state index < -0.39 is 0 Å². The van der Waals surface area contributed by atoms with Gasteiger partial charge >= 0.3 is 0 Å². The van der Waals surface area contributed by atoms with Gasteiger partial charge in [-0.3, -0.25) is 0 Å². The molecule has 1 aliphatic carbocycles. The maximum absolute atomic E-state index is 6.35.